The number of rotatable bonds is 2. The molecule has 0 aliphatic carbocycles. The van der Waals surface area contributed by atoms with Crippen LogP contribution in [-0.4, -0.2) is 45.3 Å². The third kappa shape index (κ3) is 2.50. The number of fused-ring (bicyclic) bond motifs is 1. The molecule has 3 rings (SSSR count). The first kappa shape index (κ1) is 11.2. The van der Waals surface area contributed by atoms with Crippen LogP contribution in [0.1, 0.15) is 25.6 Å². The number of hydrogen-bond donors (Lipinski definition) is 1. The number of nitrogens with one attached hydrogen (secondary N) is 1. The molecule has 5 nitrogen and oxygen atoms in total. The fraction of sp³-hybridized carbons (Fsp3) is 0.833. The van der Waals surface area contributed by atoms with E-state index in [1.807, 2.05) is 6.33 Å². The molecule has 1 aromatic rings. The van der Waals surface area contributed by atoms with E-state index in [0.717, 1.165) is 31.4 Å². The second-order valence-corrected chi connectivity index (χ2v) is 5.42. The van der Waals surface area contributed by atoms with Crippen LogP contribution in [0.15, 0.2) is 6.33 Å². The minimum absolute atomic E-state index is 0.683. The van der Waals surface area contributed by atoms with Gasteiger partial charge in [-0.25, -0.2) is 0 Å². The Labute approximate surface area is 102 Å². The number of aromatic nitrogens is 3. The molecule has 1 fully saturated rings. The van der Waals surface area contributed by atoms with Gasteiger partial charge in [-0.15, -0.1) is 10.2 Å². The standard InChI is InChI=1S/C12H21N5/c1-10-6-11(2-3-13-10)7-16-4-5-17-9-14-15-12(17)8-16/h9-11,13H,2-8H2,1H3. The first-order valence-corrected chi connectivity index (χ1v) is 6.63. The summed E-state index contributed by atoms with van der Waals surface area (Å²) in [6, 6.07) is 0.683. The monoisotopic (exact) mass is 235 g/mol. The maximum absolute atomic E-state index is 4.17. The Hall–Kier alpha value is -0.940. The largest absolute Gasteiger partial charge is 0.315 e. The lowest BCUT2D eigenvalue weighted by Gasteiger charge is -2.34. The molecule has 0 bridgehead atoms. The highest BCUT2D eigenvalue weighted by Crippen LogP contribution is 2.19. The van der Waals surface area contributed by atoms with Crippen molar-refractivity contribution in [3.63, 3.8) is 0 Å². The Morgan fingerprint density at radius 1 is 1.47 bits per heavy atom. The summed E-state index contributed by atoms with van der Waals surface area (Å²) in [6.07, 6.45) is 4.47. The average molecular weight is 235 g/mol. The van der Waals surface area contributed by atoms with E-state index in [1.54, 1.807) is 0 Å². The fourth-order valence-electron chi connectivity index (χ4n) is 3.04. The summed E-state index contributed by atoms with van der Waals surface area (Å²) in [5.41, 5.74) is 0. The lowest BCUT2D eigenvalue weighted by atomic mass is 9.92. The van der Waals surface area contributed by atoms with Crippen molar-refractivity contribution in [2.24, 2.45) is 5.92 Å². The molecule has 17 heavy (non-hydrogen) atoms. The molecule has 2 aliphatic rings. The molecule has 0 saturated carbocycles. The van der Waals surface area contributed by atoms with Crippen LogP contribution in [0, 0.1) is 5.92 Å². The molecule has 5 heteroatoms. The lowest BCUT2D eigenvalue weighted by molar-refractivity contribution is 0.159. The Bertz CT molecular complexity index is 375. The minimum atomic E-state index is 0.683. The van der Waals surface area contributed by atoms with Gasteiger partial charge in [0.25, 0.3) is 0 Å². The summed E-state index contributed by atoms with van der Waals surface area (Å²) < 4.78 is 2.17. The van der Waals surface area contributed by atoms with E-state index in [9.17, 15) is 0 Å². The molecular formula is C12H21N5. The molecule has 1 N–H and O–H groups in total. The maximum Gasteiger partial charge on any atom is 0.147 e. The average Bonchev–Trinajstić information content (AvgIpc) is 2.76. The van der Waals surface area contributed by atoms with E-state index in [1.165, 1.54) is 25.9 Å². The van der Waals surface area contributed by atoms with Gasteiger partial charge in [0.1, 0.15) is 12.2 Å². The molecule has 94 valence electrons. The summed E-state index contributed by atoms with van der Waals surface area (Å²) in [5, 5.41) is 11.7. The molecule has 0 radical (unpaired) electrons. The Balaban J connectivity index is 1.56. The highest BCUT2D eigenvalue weighted by Gasteiger charge is 2.23. The first-order chi connectivity index (χ1) is 8.31. The third-order valence-electron chi connectivity index (χ3n) is 3.97. The molecule has 3 heterocycles. The van der Waals surface area contributed by atoms with E-state index < -0.39 is 0 Å². The van der Waals surface area contributed by atoms with Crippen molar-refractivity contribution in [1.82, 2.24) is 25.0 Å². The fourth-order valence-corrected chi connectivity index (χ4v) is 3.04. The van der Waals surface area contributed by atoms with Gasteiger partial charge in [0.15, 0.2) is 0 Å². The van der Waals surface area contributed by atoms with Crippen molar-refractivity contribution in [1.29, 1.82) is 0 Å². The zero-order valence-corrected chi connectivity index (χ0v) is 10.5. The van der Waals surface area contributed by atoms with Gasteiger partial charge >= 0.3 is 0 Å². The van der Waals surface area contributed by atoms with Gasteiger partial charge in [0.05, 0.1) is 6.54 Å². The Kier molecular flexibility index (Phi) is 3.11. The van der Waals surface area contributed by atoms with Crippen molar-refractivity contribution in [3.05, 3.63) is 12.2 Å². The summed E-state index contributed by atoms with van der Waals surface area (Å²) in [6.45, 7) is 7.85. The quantitative estimate of drug-likeness (QED) is 0.810. The van der Waals surface area contributed by atoms with Crippen molar-refractivity contribution in [2.45, 2.75) is 38.9 Å². The van der Waals surface area contributed by atoms with E-state index >= 15 is 0 Å². The molecule has 2 atom stereocenters. The molecule has 2 aliphatic heterocycles. The molecule has 0 aromatic carbocycles. The van der Waals surface area contributed by atoms with Crippen LogP contribution in [0.25, 0.3) is 0 Å². The first-order valence-electron chi connectivity index (χ1n) is 6.63. The minimum Gasteiger partial charge on any atom is -0.315 e. The predicted octanol–water partition coefficient (Wildman–Crippen LogP) is 0.482. The van der Waals surface area contributed by atoms with Crippen LogP contribution in [0.2, 0.25) is 0 Å². The van der Waals surface area contributed by atoms with Gasteiger partial charge in [-0.2, -0.15) is 0 Å². The number of hydrogen-bond acceptors (Lipinski definition) is 4. The van der Waals surface area contributed by atoms with Gasteiger partial charge in [-0.05, 0) is 32.2 Å². The van der Waals surface area contributed by atoms with Gasteiger partial charge < -0.3 is 9.88 Å². The molecule has 1 saturated heterocycles. The molecule has 0 spiro atoms. The van der Waals surface area contributed by atoms with E-state index in [0.29, 0.717) is 6.04 Å². The van der Waals surface area contributed by atoms with E-state index in [-0.39, 0.29) is 0 Å². The van der Waals surface area contributed by atoms with Gasteiger partial charge in [-0.1, -0.05) is 0 Å². The molecule has 1 aromatic heterocycles. The van der Waals surface area contributed by atoms with Crippen LogP contribution >= 0.6 is 0 Å². The van der Waals surface area contributed by atoms with Gasteiger partial charge in [0.2, 0.25) is 0 Å². The van der Waals surface area contributed by atoms with Crippen LogP contribution in [0.3, 0.4) is 0 Å². The summed E-state index contributed by atoms with van der Waals surface area (Å²) in [7, 11) is 0. The highest BCUT2D eigenvalue weighted by molar-refractivity contribution is 4.90. The summed E-state index contributed by atoms with van der Waals surface area (Å²) in [5.74, 6) is 1.97. The van der Waals surface area contributed by atoms with Crippen molar-refractivity contribution >= 4 is 0 Å². The van der Waals surface area contributed by atoms with Crippen LogP contribution in [0.5, 0.6) is 0 Å². The third-order valence-corrected chi connectivity index (χ3v) is 3.97. The van der Waals surface area contributed by atoms with Crippen molar-refractivity contribution in [2.75, 3.05) is 19.6 Å². The Morgan fingerprint density at radius 3 is 3.29 bits per heavy atom. The second-order valence-electron chi connectivity index (χ2n) is 5.42. The van der Waals surface area contributed by atoms with E-state index in [4.69, 9.17) is 0 Å². The lowest BCUT2D eigenvalue weighted by Crippen LogP contribution is -2.42. The maximum atomic E-state index is 4.17. The van der Waals surface area contributed by atoms with E-state index in [2.05, 4.69) is 31.9 Å². The van der Waals surface area contributed by atoms with Crippen LogP contribution in [-0.2, 0) is 13.1 Å². The SMILES string of the molecule is CC1CC(CN2CCn3cnnc3C2)CCN1. The molecular weight excluding hydrogens is 214 g/mol. The summed E-state index contributed by atoms with van der Waals surface area (Å²) >= 11 is 0. The second kappa shape index (κ2) is 4.74. The Morgan fingerprint density at radius 2 is 2.41 bits per heavy atom. The number of nitrogens with zero attached hydrogens (tertiary/aromatic N) is 4. The smallest absolute Gasteiger partial charge is 0.147 e. The van der Waals surface area contributed by atoms with Gasteiger partial charge in [-0.3, -0.25) is 4.90 Å². The zero-order chi connectivity index (χ0) is 11.7. The summed E-state index contributed by atoms with van der Waals surface area (Å²) in [4.78, 5) is 2.53. The predicted molar refractivity (Wildman–Crippen MR) is 65.5 cm³/mol. The number of piperidine rings is 1. The van der Waals surface area contributed by atoms with Crippen LogP contribution < -0.4 is 5.32 Å². The molecule has 0 amide bonds. The topological polar surface area (TPSA) is 46.0 Å². The normalized spacial score (nSPS) is 30.2. The highest BCUT2D eigenvalue weighted by atomic mass is 15.3. The van der Waals surface area contributed by atoms with Crippen LogP contribution in [0.4, 0.5) is 0 Å². The van der Waals surface area contributed by atoms with Crippen molar-refractivity contribution in [3.8, 4) is 0 Å². The van der Waals surface area contributed by atoms with Crippen molar-refractivity contribution < 1.29 is 0 Å². The zero-order valence-electron chi connectivity index (χ0n) is 10.5. The molecule has 2 unspecified atom stereocenters. The van der Waals surface area contributed by atoms with Gasteiger partial charge in [0, 0.05) is 25.7 Å².